The van der Waals surface area contributed by atoms with Crippen molar-refractivity contribution < 1.29 is 22.8 Å². The first-order valence-corrected chi connectivity index (χ1v) is 13.9. The summed E-state index contributed by atoms with van der Waals surface area (Å²) in [7, 11) is 0. The molecule has 3 heterocycles. The van der Waals surface area contributed by atoms with Gasteiger partial charge in [0.1, 0.15) is 29.8 Å². The molecule has 0 aliphatic carbocycles. The number of anilines is 1. The summed E-state index contributed by atoms with van der Waals surface area (Å²) in [5.74, 6) is -0.554. The molecule has 1 aliphatic heterocycles. The van der Waals surface area contributed by atoms with Gasteiger partial charge in [0, 0.05) is 11.1 Å². The maximum atomic E-state index is 14.5. The van der Waals surface area contributed by atoms with E-state index in [2.05, 4.69) is 5.32 Å². The molecule has 1 N–H and O–H groups in total. The third-order valence-electron chi connectivity index (χ3n) is 6.70. The number of nitrogens with one attached hydrogen (secondary N) is 1. The Morgan fingerprint density at radius 2 is 1.78 bits per heavy atom. The number of hydrogen-bond acceptors (Lipinski definition) is 5. The number of hydrogen-bond donors (Lipinski definition) is 1. The molecule has 0 spiro atoms. The second kappa shape index (κ2) is 11.4. The van der Waals surface area contributed by atoms with Crippen LogP contribution in [0.4, 0.5) is 14.6 Å². The van der Waals surface area contributed by atoms with Gasteiger partial charge in [0.25, 0.3) is 0 Å². The van der Waals surface area contributed by atoms with E-state index >= 15 is 0 Å². The lowest BCUT2D eigenvalue weighted by molar-refractivity contribution is -0.123. The predicted octanol–water partition coefficient (Wildman–Crippen LogP) is 5.90. The Labute approximate surface area is 238 Å². The number of thioether (sulfide) groups is 1. The van der Waals surface area contributed by atoms with Crippen molar-refractivity contribution in [1.29, 1.82) is 0 Å². The van der Waals surface area contributed by atoms with Crippen LogP contribution in [0.5, 0.6) is 0 Å². The highest BCUT2D eigenvalue weighted by Crippen LogP contribution is 2.48. The SMILES string of the molecule is O=C(CN1C(=O)CSC(c2cccc(F)c2)c2c(-c3ccccc3)nn(-c3ccc(F)cc3)c21)NCc1ccco1. The Bertz CT molecular complexity index is 1690. The van der Waals surface area contributed by atoms with Gasteiger partial charge in [-0.2, -0.15) is 5.10 Å². The quantitative estimate of drug-likeness (QED) is 0.264. The zero-order valence-corrected chi connectivity index (χ0v) is 22.5. The molecule has 3 aromatic carbocycles. The molecule has 2 amide bonds. The van der Waals surface area contributed by atoms with Crippen molar-refractivity contribution in [2.45, 2.75) is 11.8 Å². The van der Waals surface area contributed by atoms with Crippen molar-refractivity contribution in [1.82, 2.24) is 15.1 Å². The fourth-order valence-corrected chi connectivity index (χ4v) is 6.01. The van der Waals surface area contributed by atoms with Gasteiger partial charge in [-0.05, 0) is 54.1 Å². The Balaban J connectivity index is 1.53. The molecule has 2 aromatic heterocycles. The second-order valence-corrected chi connectivity index (χ2v) is 10.5. The van der Waals surface area contributed by atoms with Crippen LogP contribution in [0.2, 0.25) is 0 Å². The molecule has 0 fully saturated rings. The fraction of sp³-hybridized carbons (Fsp3) is 0.129. The largest absolute Gasteiger partial charge is 0.467 e. The van der Waals surface area contributed by atoms with Crippen LogP contribution in [0.15, 0.2) is 102 Å². The van der Waals surface area contributed by atoms with Crippen LogP contribution in [-0.4, -0.2) is 33.9 Å². The molecule has 5 aromatic rings. The van der Waals surface area contributed by atoms with Gasteiger partial charge in [0.05, 0.1) is 35.2 Å². The normalized spacial score (nSPS) is 14.9. The van der Waals surface area contributed by atoms with Crippen LogP contribution in [0, 0.1) is 11.6 Å². The minimum absolute atomic E-state index is 0.0406. The Morgan fingerprint density at radius 1 is 0.976 bits per heavy atom. The molecule has 206 valence electrons. The van der Waals surface area contributed by atoms with E-state index in [1.54, 1.807) is 35.0 Å². The van der Waals surface area contributed by atoms with Gasteiger partial charge in [0.2, 0.25) is 11.8 Å². The highest BCUT2D eigenvalue weighted by atomic mass is 32.2. The summed E-state index contributed by atoms with van der Waals surface area (Å²) in [5.41, 5.74) is 3.17. The highest BCUT2D eigenvalue weighted by molar-refractivity contribution is 8.00. The van der Waals surface area contributed by atoms with E-state index < -0.39 is 22.8 Å². The van der Waals surface area contributed by atoms with E-state index in [9.17, 15) is 18.4 Å². The third-order valence-corrected chi connectivity index (χ3v) is 7.96. The monoisotopic (exact) mass is 570 g/mol. The molecule has 0 bridgehead atoms. The number of nitrogens with zero attached hydrogens (tertiary/aromatic N) is 3. The zero-order chi connectivity index (χ0) is 28.3. The third kappa shape index (κ3) is 5.51. The minimum atomic E-state index is -0.481. The molecule has 1 atom stereocenters. The Morgan fingerprint density at radius 3 is 2.51 bits per heavy atom. The highest BCUT2D eigenvalue weighted by Gasteiger charge is 2.37. The molecule has 1 unspecified atom stereocenters. The Hall–Kier alpha value is -4.70. The van der Waals surface area contributed by atoms with E-state index in [1.807, 2.05) is 36.4 Å². The molecular formula is C31H24F2N4O3S. The van der Waals surface area contributed by atoms with Crippen molar-refractivity contribution in [3.63, 3.8) is 0 Å². The summed E-state index contributed by atoms with van der Waals surface area (Å²) in [6.45, 7) is -0.127. The van der Waals surface area contributed by atoms with Crippen LogP contribution in [0.1, 0.15) is 22.1 Å². The average Bonchev–Trinajstić information content (AvgIpc) is 3.62. The lowest BCUT2D eigenvalue weighted by atomic mass is 9.99. The first-order chi connectivity index (χ1) is 20.0. The van der Waals surface area contributed by atoms with E-state index in [0.717, 1.165) is 5.56 Å². The van der Waals surface area contributed by atoms with Crippen LogP contribution < -0.4 is 10.2 Å². The van der Waals surface area contributed by atoms with Crippen LogP contribution >= 0.6 is 11.8 Å². The van der Waals surface area contributed by atoms with Gasteiger partial charge >= 0.3 is 0 Å². The zero-order valence-electron chi connectivity index (χ0n) is 21.7. The van der Waals surface area contributed by atoms with Crippen LogP contribution in [0.25, 0.3) is 16.9 Å². The number of furan rings is 1. The number of rotatable bonds is 7. The number of fused-ring (bicyclic) bond motifs is 1. The van der Waals surface area contributed by atoms with E-state index in [0.29, 0.717) is 34.1 Å². The number of benzene rings is 3. The summed E-state index contributed by atoms with van der Waals surface area (Å²) in [5, 5.41) is 7.24. The first-order valence-electron chi connectivity index (χ1n) is 12.9. The molecule has 0 radical (unpaired) electrons. The van der Waals surface area contributed by atoms with Crippen molar-refractivity contribution in [3.05, 3.63) is 126 Å². The van der Waals surface area contributed by atoms with Gasteiger partial charge < -0.3 is 9.73 Å². The number of carbonyl (C=O) groups excluding carboxylic acids is 2. The topological polar surface area (TPSA) is 80.4 Å². The van der Waals surface area contributed by atoms with Crippen molar-refractivity contribution in [2.24, 2.45) is 0 Å². The van der Waals surface area contributed by atoms with Crippen molar-refractivity contribution in [3.8, 4) is 16.9 Å². The molecule has 1 aliphatic rings. The smallest absolute Gasteiger partial charge is 0.240 e. The molecule has 41 heavy (non-hydrogen) atoms. The molecule has 6 rings (SSSR count). The summed E-state index contributed by atoms with van der Waals surface area (Å²) >= 11 is 1.34. The summed E-state index contributed by atoms with van der Waals surface area (Å²) in [4.78, 5) is 28.3. The van der Waals surface area contributed by atoms with Crippen LogP contribution in [0.3, 0.4) is 0 Å². The molecular weight excluding hydrogens is 546 g/mol. The number of carbonyl (C=O) groups is 2. The lowest BCUT2D eigenvalue weighted by Gasteiger charge is -2.23. The Kier molecular flexibility index (Phi) is 7.39. The van der Waals surface area contributed by atoms with E-state index in [4.69, 9.17) is 9.52 Å². The molecule has 7 nitrogen and oxygen atoms in total. The number of halogens is 2. The first kappa shape index (κ1) is 26.5. The molecule has 0 saturated carbocycles. The van der Waals surface area contributed by atoms with Gasteiger partial charge in [-0.3, -0.25) is 14.5 Å². The van der Waals surface area contributed by atoms with Gasteiger partial charge in [-0.25, -0.2) is 13.5 Å². The van der Waals surface area contributed by atoms with E-state index in [1.165, 1.54) is 47.2 Å². The predicted molar refractivity (Wildman–Crippen MR) is 153 cm³/mol. The van der Waals surface area contributed by atoms with Crippen LogP contribution in [-0.2, 0) is 16.1 Å². The van der Waals surface area contributed by atoms with Crippen molar-refractivity contribution in [2.75, 3.05) is 17.2 Å². The maximum absolute atomic E-state index is 14.5. The average molecular weight is 571 g/mol. The van der Waals surface area contributed by atoms with Crippen molar-refractivity contribution >= 4 is 29.4 Å². The van der Waals surface area contributed by atoms with E-state index in [-0.39, 0.29) is 24.7 Å². The standard InChI is InChI=1S/C31H24F2N4O3S/c32-22-11-13-24(14-12-22)37-31-28(29(35-37)20-6-2-1-3-7-20)30(21-8-4-9-23(33)16-21)41-19-27(39)36(31)18-26(38)34-17-25-10-5-15-40-25/h1-16,30H,17-19H2,(H,34,38). The number of amides is 2. The summed E-state index contributed by atoms with van der Waals surface area (Å²) < 4.78 is 35.2. The van der Waals surface area contributed by atoms with Gasteiger partial charge in [-0.15, -0.1) is 11.8 Å². The van der Waals surface area contributed by atoms with Gasteiger partial charge in [0.15, 0.2) is 0 Å². The maximum Gasteiger partial charge on any atom is 0.240 e. The second-order valence-electron chi connectivity index (χ2n) is 9.42. The number of aromatic nitrogens is 2. The minimum Gasteiger partial charge on any atom is -0.467 e. The lowest BCUT2D eigenvalue weighted by Crippen LogP contribution is -2.42. The summed E-state index contributed by atoms with van der Waals surface area (Å²) in [6, 6.07) is 24.9. The summed E-state index contributed by atoms with van der Waals surface area (Å²) in [6.07, 6.45) is 1.52. The fourth-order valence-electron chi connectivity index (χ4n) is 4.82. The van der Waals surface area contributed by atoms with Gasteiger partial charge in [-0.1, -0.05) is 42.5 Å². The molecule has 10 heteroatoms. The molecule has 0 saturated heterocycles.